The van der Waals surface area contributed by atoms with Crippen LogP contribution in [-0.2, 0) is 9.53 Å². The first-order chi connectivity index (χ1) is 11.2. The molecule has 3 rings (SSSR count). The fourth-order valence-corrected chi connectivity index (χ4v) is 4.71. The van der Waals surface area contributed by atoms with Gasteiger partial charge in [-0.3, -0.25) is 9.69 Å². The summed E-state index contributed by atoms with van der Waals surface area (Å²) in [5.74, 6) is 0.342. The first-order valence-electron chi connectivity index (χ1n) is 9.48. The van der Waals surface area contributed by atoms with E-state index in [2.05, 4.69) is 15.1 Å². The van der Waals surface area contributed by atoms with Crippen molar-refractivity contribution in [3.8, 4) is 0 Å². The lowest BCUT2D eigenvalue weighted by Gasteiger charge is -2.39. The van der Waals surface area contributed by atoms with Crippen molar-refractivity contribution in [3.63, 3.8) is 0 Å². The highest BCUT2D eigenvalue weighted by Crippen LogP contribution is 2.32. The fourth-order valence-electron chi connectivity index (χ4n) is 4.71. The van der Waals surface area contributed by atoms with Crippen LogP contribution in [0.5, 0.6) is 0 Å². The van der Waals surface area contributed by atoms with Crippen molar-refractivity contribution in [2.24, 2.45) is 5.41 Å². The average Bonchev–Trinajstić information content (AvgIpc) is 3.00. The van der Waals surface area contributed by atoms with Crippen LogP contribution in [0.25, 0.3) is 0 Å². The third-order valence-corrected chi connectivity index (χ3v) is 6.09. The van der Waals surface area contributed by atoms with E-state index >= 15 is 0 Å². The highest BCUT2D eigenvalue weighted by molar-refractivity contribution is 5.85. The summed E-state index contributed by atoms with van der Waals surface area (Å²) in [5.41, 5.74) is -0.289. The minimum Gasteiger partial charge on any atom is -0.384 e. The molecule has 0 aromatic heterocycles. The number of carbonyl (C=O) groups is 1. The molecular formula is C18H35Cl2N3O2. The summed E-state index contributed by atoms with van der Waals surface area (Å²) in [5, 5.41) is 3.38. The van der Waals surface area contributed by atoms with Crippen LogP contribution in [0, 0.1) is 5.41 Å². The Kier molecular flexibility index (Phi) is 10.0. The second kappa shape index (κ2) is 10.9. The van der Waals surface area contributed by atoms with Crippen LogP contribution in [0.3, 0.4) is 0 Å². The van der Waals surface area contributed by atoms with E-state index in [1.807, 2.05) is 0 Å². The molecule has 0 aromatic rings. The minimum atomic E-state index is -0.289. The number of nitrogens with zero attached hydrogens (tertiary/aromatic N) is 2. The van der Waals surface area contributed by atoms with Gasteiger partial charge in [-0.2, -0.15) is 0 Å². The van der Waals surface area contributed by atoms with Gasteiger partial charge in [0.15, 0.2) is 0 Å². The van der Waals surface area contributed by atoms with Gasteiger partial charge in [-0.05, 0) is 45.2 Å². The Morgan fingerprint density at radius 1 is 1.04 bits per heavy atom. The molecule has 0 atom stereocenters. The van der Waals surface area contributed by atoms with E-state index in [0.29, 0.717) is 12.5 Å². The van der Waals surface area contributed by atoms with Crippen molar-refractivity contribution in [1.82, 2.24) is 15.1 Å². The number of nitrogens with one attached hydrogen (secondary N) is 1. The molecule has 2 saturated heterocycles. The van der Waals surface area contributed by atoms with Gasteiger partial charge in [0.2, 0.25) is 5.91 Å². The molecule has 5 nitrogen and oxygen atoms in total. The standard InChI is InChI=1S/C18H33N3O2.2ClH/c1-23-15-18(7-9-19-10-8-18)17(22)21-12-4-11-20(13-14-21)16-5-2-3-6-16;;/h16,19H,2-15H2,1H3;2*1H. The Morgan fingerprint density at radius 2 is 1.72 bits per heavy atom. The van der Waals surface area contributed by atoms with Gasteiger partial charge < -0.3 is 15.0 Å². The van der Waals surface area contributed by atoms with Crippen LogP contribution in [0.15, 0.2) is 0 Å². The van der Waals surface area contributed by atoms with E-state index in [9.17, 15) is 4.79 Å². The molecule has 25 heavy (non-hydrogen) atoms. The molecule has 7 heteroatoms. The lowest BCUT2D eigenvalue weighted by Crippen LogP contribution is -2.52. The second-order valence-electron chi connectivity index (χ2n) is 7.58. The van der Waals surface area contributed by atoms with Crippen molar-refractivity contribution in [2.75, 3.05) is 53.0 Å². The van der Waals surface area contributed by atoms with E-state index in [0.717, 1.165) is 64.6 Å². The number of methoxy groups -OCH3 is 1. The van der Waals surface area contributed by atoms with Crippen molar-refractivity contribution in [2.45, 2.75) is 51.0 Å². The molecule has 0 bridgehead atoms. The van der Waals surface area contributed by atoms with E-state index in [-0.39, 0.29) is 30.2 Å². The van der Waals surface area contributed by atoms with Crippen molar-refractivity contribution >= 4 is 30.7 Å². The molecule has 148 valence electrons. The zero-order valence-corrected chi connectivity index (χ0v) is 17.1. The van der Waals surface area contributed by atoms with Gasteiger partial charge >= 0.3 is 0 Å². The Labute approximate surface area is 165 Å². The molecule has 2 heterocycles. The maximum absolute atomic E-state index is 13.2. The third-order valence-electron chi connectivity index (χ3n) is 6.09. The summed E-state index contributed by atoms with van der Waals surface area (Å²) in [4.78, 5) is 18.0. The van der Waals surface area contributed by atoms with Gasteiger partial charge in [0.05, 0.1) is 12.0 Å². The summed E-state index contributed by atoms with van der Waals surface area (Å²) in [6, 6.07) is 0.775. The van der Waals surface area contributed by atoms with Crippen molar-refractivity contribution in [1.29, 1.82) is 0 Å². The maximum Gasteiger partial charge on any atom is 0.231 e. The van der Waals surface area contributed by atoms with Crippen molar-refractivity contribution < 1.29 is 9.53 Å². The minimum absolute atomic E-state index is 0. The molecule has 0 spiro atoms. The number of hydrogen-bond donors (Lipinski definition) is 1. The topological polar surface area (TPSA) is 44.8 Å². The molecule has 1 N–H and O–H groups in total. The second-order valence-corrected chi connectivity index (χ2v) is 7.58. The Hall–Kier alpha value is -0.0700. The molecule has 3 aliphatic rings. The van der Waals surface area contributed by atoms with Gasteiger partial charge in [0.1, 0.15) is 0 Å². The maximum atomic E-state index is 13.2. The van der Waals surface area contributed by atoms with Gasteiger partial charge in [0.25, 0.3) is 0 Å². The number of carbonyl (C=O) groups excluding carboxylic acids is 1. The van der Waals surface area contributed by atoms with Crippen LogP contribution in [-0.4, -0.2) is 74.7 Å². The lowest BCUT2D eigenvalue weighted by atomic mass is 9.78. The summed E-state index contributed by atoms with van der Waals surface area (Å²) < 4.78 is 5.44. The summed E-state index contributed by atoms with van der Waals surface area (Å²) in [6.07, 6.45) is 8.40. The van der Waals surface area contributed by atoms with Gasteiger partial charge in [0, 0.05) is 39.3 Å². The molecule has 2 aliphatic heterocycles. The third kappa shape index (κ3) is 5.46. The molecule has 0 aromatic carbocycles. The first kappa shape index (κ1) is 23.0. The average molecular weight is 396 g/mol. The Bertz CT molecular complexity index is 394. The number of amides is 1. The number of ether oxygens (including phenoxy) is 1. The van der Waals surface area contributed by atoms with E-state index < -0.39 is 0 Å². The fraction of sp³-hybridized carbons (Fsp3) is 0.944. The molecule has 1 saturated carbocycles. The highest BCUT2D eigenvalue weighted by Gasteiger charge is 2.42. The summed E-state index contributed by atoms with van der Waals surface area (Å²) >= 11 is 0. The van der Waals surface area contributed by atoms with Crippen molar-refractivity contribution in [3.05, 3.63) is 0 Å². The normalized spacial score (nSPS) is 24.9. The first-order valence-corrected chi connectivity index (χ1v) is 9.48. The van der Waals surface area contributed by atoms with Crippen LogP contribution < -0.4 is 5.32 Å². The summed E-state index contributed by atoms with van der Waals surface area (Å²) in [7, 11) is 1.72. The van der Waals surface area contributed by atoms with Crippen LogP contribution in [0.1, 0.15) is 44.9 Å². The molecule has 0 unspecified atom stereocenters. The molecular weight excluding hydrogens is 361 g/mol. The van der Waals surface area contributed by atoms with Crippen LogP contribution in [0.4, 0.5) is 0 Å². The van der Waals surface area contributed by atoms with Gasteiger partial charge in [-0.25, -0.2) is 0 Å². The lowest BCUT2D eigenvalue weighted by molar-refractivity contribution is -0.147. The summed E-state index contributed by atoms with van der Waals surface area (Å²) in [6.45, 7) is 6.45. The van der Waals surface area contributed by atoms with Crippen LogP contribution in [0.2, 0.25) is 0 Å². The predicted octanol–water partition coefficient (Wildman–Crippen LogP) is 2.32. The van der Waals surface area contributed by atoms with Gasteiger partial charge in [-0.1, -0.05) is 12.8 Å². The van der Waals surface area contributed by atoms with Gasteiger partial charge in [-0.15, -0.1) is 24.8 Å². The Balaban J connectivity index is 0.00000156. The quantitative estimate of drug-likeness (QED) is 0.792. The SMILES string of the molecule is COCC1(C(=O)N2CCCN(C3CCCC3)CC2)CCNCC1.Cl.Cl. The number of piperidine rings is 1. The van der Waals surface area contributed by atoms with E-state index in [4.69, 9.17) is 4.74 Å². The Morgan fingerprint density at radius 3 is 2.36 bits per heavy atom. The zero-order chi connectivity index (χ0) is 16.1. The molecule has 0 radical (unpaired) electrons. The van der Waals surface area contributed by atoms with E-state index in [1.165, 1.54) is 25.7 Å². The monoisotopic (exact) mass is 395 g/mol. The van der Waals surface area contributed by atoms with Crippen LogP contribution >= 0.6 is 24.8 Å². The smallest absolute Gasteiger partial charge is 0.231 e. The molecule has 3 fully saturated rings. The number of rotatable bonds is 4. The van der Waals surface area contributed by atoms with E-state index in [1.54, 1.807) is 7.11 Å². The highest BCUT2D eigenvalue weighted by atomic mass is 35.5. The largest absolute Gasteiger partial charge is 0.384 e. The number of halogens is 2. The zero-order valence-electron chi connectivity index (χ0n) is 15.5. The molecule has 1 amide bonds. The molecule has 1 aliphatic carbocycles. The predicted molar refractivity (Wildman–Crippen MR) is 106 cm³/mol. The number of hydrogen-bond acceptors (Lipinski definition) is 4.